The van der Waals surface area contributed by atoms with Crippen LogP contribution in [0, 0.1) is 0 Å². The molecule has 0 N–H and O–H groups in total. The summed E-state index contributed by atoms with van der Waals surface area (Å²) in [5, 5.41) is 0. The molecule has 0 fully saturated rings. The van der Waals surface area contributed by atoms with Gasteiger partial charge in [-0.2, -0.15) is 13.2 Å². The summed E-state index contributed by atoms with van der Waals surface area (Å²) in [6.07, 6.45) is -3.53. The first-order valence-electron chi connectivity index (χ1n) is 6.75. The number of alkyl halides is 3. The lowest BCUT2D eigenvalue weighted by atomic mass is 9.97. The number of carbonyl (C=O) groups is 2. The van der Waals surface area contributed by atoms with Crippen molar-refractivity contribution in [2.24, 2.45) is 0 Å². The van der Waals surface area contributed by atoms with E-state index in [1.165, 1.54) is 30.3 Å². The number of nitrogens with zero attached hydrogens (tertiary/aromatic N) is 1. The van der Waals surface area contributed by atoms with Gasteiger partial charge in [0.2, 0.25) is 0 Å². The van der Waals surface area contributed by atoms with Gasteiger partial charge in [-0.15, -0.1) is 0 Å². The van der Waals surface area contributed by atoms with E-state index in [1.54, 1.807) is 14.1 Å². The van der Waals surface area contributed by atoms with Crippen LogP contribution >= 0.6 is 0 Å². The van der Waals surface area contributed by atoms with E-state index in [0.29, 0.717) is 0 Å². The van der Waals surface area contributed by atoms with Crippen LogP contribution in [-0.4, -0.2) is 44.3 Å². The Kier molecular flexibility index (Phi) is 6.50. The van der Waals surface area contributed by atoms with Crippen molar-refractivity contribution in [3.63, 3.8) is 0 Å². The predicted octanol–water partition coefficient (Wildman–Crippen LogP) is 2.78. The summed E-state index contributed by atoms with van der Waals surface area (Å²) in [5.74, 6) is -0.991. The highest BCUT2D eigenvalue weighted by atomic mass is 19.4. The van der Waals surface area contributed by atoms with Crippen LogP contribution in [0.1, 0.15) is 17.5 Å². The number of allylic oxidation sites excluding steroid dienone is 1. The smallest absolute Gasteiger partial charge is 0.383 e. The van der Waals surface area contributed by atoms with Crippen LogP contribution < -0.4 is 0 Å². The first-order valence-corrected chi connectivity index (χ1v) is 6.75. The topological polar surface area (TPSA) is 46.6 Å². The number of ether oxygens (including phenoxy) is 1. The molecule has 0 aliphatic heterocycles. The second-order valence-electron chi connectivity index (χ2n) is 5.16. The molecule has 0 bridgehead atoms. The Morgan fingerprint density at radius 3 is 2.43 bits per heavy atom. The average Bonchev–Trinajstić information content (AvgIpc) is 2.44. The van der Waals surface area contributed by atoms with Crippen molar-refractivity contribution < 1.29 is 27.5 Å². The highest BCUT2D eigenvalue weighted by molar-refractivity contribution is 6.25. The van der Waals surface area contributed by atoms with Crippen molar-refractivity contribution in [3.05, 3.63) is 41.6 Å². The summed E-state index contributed by atoms with van der Waals surface area (Å²) in [5.41, 5.74) is -0.690. The molecule has 0 aliphatic rings. The van der Waals surface area contributed by atoms with Crippen molar-refractivity contribution in [3.8, 4) is 0 Å². The fourth-order valence-corrected chi connectivity index (χ4v) is 1.92. The van der Waals surface area contributed by atoms with Gasteiger partial charge in [-0.05, 0) is 17.7 Å². The molecule has 0 saturated heterocycles. The van der Waals surface area contributed by atoms with Gasteiger partial charge in [-0.25, -0.2) is 0 Å². The number of methoxy groups -OCH3 is 1. The zero-order chi connectivity index (χ0) is 17.6. The second-order valence-corrected chi connectivity index (χ2v) is 5.16. The van der Waals surface area contributed by atoms with Gasteiger partial charge in [-0.1, -0.05) is 12.1 Å². The Hall–Kier alpha value is -2.15. The molecule has 0 atom stereocenters. The molecule has 1 rings (SSSR count). The Balaban J connectivity index is 3.18. The van der Waals surface area contributed by atoms with Crippen LogP contribution in [0.4, 0.5) is 13.2 Å². The largest absolute Gasteiger partial charge is 0.416 e. The molecule has 126 valence electrons. The monoisotopic (exact) mass is 329 g/mol. The molecule has 4 nitrogen and oxygen atoms in total. The maximum atomic E-state index is 12.8. The first-order chi connectivity index (χ1) is 10.6. The molecule has 0 radical (unpaired) electrons. The normalized spacial score (nSPS) is 12.2. The van der Waals surface area contributed by atoms with Gasteiger partial charge in [-0.3, -0.25) is 9.59 Å². The summed E-state index contributed by atoms with van der Waals surface area (Å²) in [6.45, 7) is -0.219. The van der Waals surface area contributed by atoms with Crippen molar-refractivity contribution in [1.82, 2.24) is 4.90 Å². The molecule has 0 amide bonds. The Bertz CT molecular complexity index is 607. The highest BCUT2D eigenvalue weighted by Gasteiger charge is 2.31. The molecule has 0 saturated carbocycles. The third-order valence-corrected chi connectivity index (χ3v) is 2.85. The number of rotatable bonds is 7. The number of hydrogen-bond acceptors (Lipinski definition) is 4. The summed E-state index contributed by atoms with van der Waals surface area (Å²) in [7, 11) is 4.60. The summed E-state index contributed by atoms with van der Waals surface area (Å²) in [6, 6.07) is 4.46. The SMILES string of the molecule is COCC(=O)CC(=O)C(=CN(C)C)c1cccc(C(F)(F)F)c1. The molecular weight excluding hydrogens is 311 g/mol. The zero-order valence-corrected chi connectivity index (χ0v) is 13.1. The number of hydrogen-bond donors (Lipinski definition) is 0. The quantitative estimate of drug-likeness (QED) is 0.570. The first kappa shape index (κ1) is 18.9. The number of benzene rings is 1. The minimum absolute atomic E-state index is 0.0468. The summed E-state index contributed by atoms with van der Waals surface area (Å²) >= 11 is 0. The maximum absolute atomic E-state index is 12.8. The molecule has 23 heavy (non-hydrogen) atoms. The lowest BCUT2D eigenvalue weighted by Gasteiger charge is -2.13. The van der Waals surface area contributed by atoms with Gasteiger partial charge in [0.1, 0.15) is 6.61 Å². The van der Waals surface area contributed by atoms with E-state index in [9.17, 15) is 22.8 Å². The highest BCUT2D eigenvalue weighted by Crippen LogP contribution is 2.31. The fourth-order valence-electron chi connectivity index (χ4n) is 1.92. The fraction of sp³-hybridized carbons (Fsp3) is 0.375. The maximum Gasteiger partial charge on any atom is 0.416 e. The van der Waals surface area contributed by atoms with Crippen molar-refractivity contribution in [2.75, 3.05) is 27.8 Å². The lowest BCUT2D eigenvalue weighted by Crippen LogP contribution is -2.16. The van der Waals surface area contributed by atoms with Gasteiger partial charge in [0.25, 0.3) is 0 Å². The van der Waals surface area contributed by atoms with Crippen LogP contribution in [0.15, 0.2) is 30.5 Å². The molecule has 0 aliphatic carbocycles. The third kappa shape index (κ3) is 5.86. The third-order valence-electron chi connectivity index (χ3n) is 2.85. The Morgan fingerprint density at radius 2 is 1.91 bits per heavy atom. The van der Waals surface area contributed by atoms with Crippen LogP contribution in [0.25, 0.3) is 5.57 Å². The molecule has 0 spiro atoms. The van der Waals surface area contributed by atoms with Crippen LogP contribution in [0.5, 0.6) is 0 Å². The predicted molar refractivity (Wildman–Crippen MR) is 79.6 cm³/mol. The molecule has 1 aromatic rings. The zero-order valence-electron chi connectivity index (χ0n) is 13.1. The molecular formula is C16H18F3NO3. The van der Waals surface area contributed by atoms with E-state index in [-0.39, 0.29) is 17.7 Å². The number of Topliss-reactive ketones (excluding diaryl/α,β-unsaturated/α-hetero) is 2. The lowest BCUT2D eigenvalue weighted by molar-refractivity contribution is -0.137. The van der Waals surface area contributed by atoms with Gasteiger partial charge in [0.15, 0.2) is 11.6 Å². The van der Waals surface area contributed by atoms with E-state index in [2.05, 4.69) is 4.74 Å². The van der Waals surface area contributed by atoms with Gasteiger partial charge >= 0.3 is 6.18 Å². The van der Waals surface area contributed by atoms with Crippen LogP contribution in [0.2, 0.25) is 0 Å². The van der Waals surface area contributed by atoms with Gasteiger partial charge in [0.05, 0.1) is 12.0 Å². The Morgan fingerprint density at radius 1 is 1.26 bits per heavy atom. The second kappa shape index (κ2) is 7.92. The molecule has 7 heteroatoms. The average molecular weight is 329 g/mol. The number of carbonyl (C=O) groups excluding carboxylic acids is 2. The molecule has 0 unspecified atom stereocenters. The number of halogens is 3. The Labute approximate surface area is 132 Å². The standard InChI is InChI=1S/C16H18F3NO3/c1-20(2)9-14(15(22)8-13(21)10-23-3)11-5-4-6-12(7-11)16(17,18)19/h4-7,9H,8,10H2,1-3H3. The minimum atomic E-state index is -4.51. The molecule has 0 aromatic heterocycles. The van der Waals surface area contributed by atoms with Crippen molar-refractivity contribution >= 4 is 17.1 Å². The van der Waals surface area contributed by atoms with E-state index in [4.69, 9.17) is 0 Å². The van der Waals surface area contributed by atoms with Gasteiger partial charge < -0.3 is 9.64 Å². The van der Waals surface area contributed by atoms with E-state index < -0.39 is 29.7 Å². The summed E-state index contributed by atoms with van der Waals surface area (Å²) in [4.78, 5) is 25.3. The van der Waals surface area contributed by atoms with E-state index in [0.717, 1.165) is 12.1 Å². The van der Waals surface area contributed by atoms with Gasteiger partial charge in [0, 0.05) is 33.0 Å². The number of ketones is 2. The van der Waals surface area contributed by atoms with Crippen molar-refractivity contribution in [2.45, 2.75) is 12.6 Å². The van der Waals surface area contributed by atoms with E-state index >= 15 is 0 Å². The van der Waals surface area contributed by atoms with Crippen LogP contribution in [0.3, 0.4) is 0 Å². The minimum Gasteiger partial charge on any atom is -0.383 e. The molecule has 0 heterocycles. The van der Waals surface area contributed by atoms with E-state index in [1.807, 2.05) is 0 Å². The molecule has 1 aromatic carbocycles. The summed E-state index contributed by atoms with van der Waals surface area (Å²) < 4.78 is 43.1. The van der Waals surface area contributed by atoms with Crippen LogP contribution in [-0.2, 0) is 20.5 Å². The van der Waals surface area contributed by atoms with Crippen molar-refractivity contribution in [1.29, 1.82) is 0 Å².